The topological polar surface area (TPSA) is 50.9 Å². The zero-order valence-corrected chi connectivity index (χ0v) is 12.7. The SMILES string of the molecule is CCSC1CCCC1Nc1ccc2scnc2c1N. The monoisotopic (exact) mass is 293 g/mol. The number of fused-ring (bicyclic) bond motifs is 1. The van der Waals surface area contributed by atoms with Crippen LogP contribution in [0.2, 0.25) is 0 Å². The fraction of sp³-hybridized carbons (Fsp3) is 0.500. The fourth-order valence-electron chi connectivity index (χ4n) is 2.78. The molecule has 3 N–H and O–H groups in total. The van der Waals surface area contributed by atoms with Crippen LogP contribution in [-0.2, 0) is 0 Å². The number of anilines is 2. The quantitative estimate of drug-likeness (QED) is 0.838. The molecule has 3 nitrogen and oxygen atoms in total. The molecular formula is C14H19N3S2. The lowest BCUT2D eigenvalue weighted by molar-refractivity contribution is 0.768. The molecule has 3 rings (SSSR count). The van der Waals surface area contributed by atoms with Gasteiger partial charge in [0.1, 0.15) is 5.52 Å². The molecule has 2 atom stereocenters. The molecule has 1 aromatic carbocycles. The van der Waals surface area contributed by atoms with E-state index in [2.05, 4.69) is 41.1 Å². The van der Waals surface area contributed by atoms with Crippen LogP contribution in [-0.4, -0.2) is 22.0 Å². The lowest BCUT2D eigenvalue weighted by Gasteiger charge is -2.22. The summed E-state index contributed by atoms with van der Waals surface area (Å²) in [6.45, 7) is 2.23. The van der Waals surface area contributed by atoms with E-state index in [0.717, 1.165) is 26.8 Å². The molecule has 19 heavy (non-hydrogen) atoms. The lowest BCUT2D eigenvalue weighted by atomic mass is 10.2. The Balaban J connectivity index is 1.82. The molecule has 1 aliphatic carbocycles. The summed E-state index contributed by atoms with van der Waals surface area (Å²) in [5.74, 6) is 1.18. The normalized spacial score (nSPS) is 23.0. The molecule has 1 aromatic heterocycles. The zero-order chi connectivity index (χ0) is 13.2. The Hall–Kier alpha value is -0.940. The second-order valence-corrected chi connectivity index (χ2v) is 7.30. The number of hydrogen-bond donors (Lipinski definition) is 2. The third-order valence-electron chi connectivity index (χ3n) is 3.72. The molecular weight excluding hydrogens is 274 g/mol. The highest BCUT2D eigenvalue weighted by Crippen LogP contribution is 2.35. The van der Waals surface area contributed by atoms with Crippen LogP contribution in [0, 0.1) is 0 Å². The van der Waals surface area contributed by atoms with E-state index in [0.29, 0.717) is 6.04 Å². The van der Waals surface area contributed by atoms with Gasteiger partial charge in [0.15, 0.2) is 0 Å². The number of nitrogens with one attached hydrogen (secondary N) is 1. The van der Waals surface area contributed by atoms with Gasteiger partial charge in [0.25, 0.3) is 0 Å². The molecule has 1 saturated carbocycles. The van der Waals surface area contributed by atoms with Crippen molar-refractivity contribution < 1.29 is 0 Å². The third kappa shape index (κ3) is 2.54. The second-order valence-electron chi connectivity index (χ2n) is 4.90. The van der Waals surface area contributed by atoms with Crippen molar-refractivity contribution in [3.05, 3.63) is 17.6 Å². The highest BCUT2D eigenvalue weighted by atomic mass is 32.2. The molecule has 102 valence electrons. The minimum Gasteiger partial charge on any atom is -0.395 e. The van der Waals surface area contributed by atoms with Crippen molar-refractivity contribution in [2.75, 3.05) is 16.8 Å². The Morgan fingerprint density at radius 3 is 3.21 bits per heavy atom. The number of aromatic nitrogens is 1. The number of nitrogens with zero attached hydrogens (tertiary/aromatic N) is 1. The van der Waals surface area contributed by atoms with E-state index in [-0.39, 0.29) is 0 Å². The number of thiazole rings is 1. The smallest absolute Gasteiger partial charge is 0.106 e. The summed E-state index contributed by atoms with van der Waals surface area (Å²) in [7, 11) is 0. The van der Waals surface area contributed by atoms with E-state index in [1.54, 1.807) is 11.3 Å². The summed E-state index contributed by atoms with van der Waals surface area (Å²) >= 11 is 3.70. The standard InChI is InChI=1S/C14H19N3S2/c1-2-18-11-5-3-4-9(11)17-10-6-7-12-14(13(10)15)16-8-19-12/h6-9,11,17H,2-5,15H2,1H3. The van der Waals surface area contributed by atoms with Gasteiger partial charge >= 0.3 is 0 Å². The van der Waals surface area contributed by atoms with Crippen LogP contribution in [0.5, 0.6) is 0 Å². The van der Waals surface area contributed by atoms with E-state index in [1.807, 2.05) is 5.51 Å². The molecule has 2 aromatic rings. The maximum Gasteiger partial charge on any atom is 0.106 e. The average molecular weight is 293 g/mol. The summed E-state index contributed by atoms with van der Waals surface area (Å²) < 4.78 is 1.16. The van der Waals surface area contributed by atoms with Crippen molar-refractivity contribution in [1.29, 1.82) is 0 Å². The molecule has 1 aliphatic rings. The predicted molar refractivity (Wildman–Crippen MR) is 87.2 cm³/mol. The second kappa shape index (κ2) is 5.59. The molecule has 5 heteroatoms. The highest BCUT2D eigenvalue weighted by molar-refractivity contribution is 7.99. The first kappa shape index (κ1) is 13.1. The van der Waals surface area contributed by atoms with Gasteiger partial charge < -0.3 is 11.1 Å². The van der Waals surface area contributed by atoms with E-state index in [1.165, 1.54) is 25.0 Å². The van der Waals surface area contributed by atoms with Gasteiger partial charge in [-0.2, -0.15) is 11.8 Å². The van der Waals surface area contributed by atoms with Crippen molar-refractivity contribution in [3.63, 3.8) is 0 Å². The predicted octanol–water partition coefficient (Wildman–Crippen LogP) is 3.96. The maximum absolute atomic E-state index is 6.24. The minimum atomic E-state index is 0.545. The van der Waals surface area contributed by atoms with E-state index in [4.69, 9.17) is 5.73 Å². The molecule has 0 aliphatic heterocycles. The summed E-state index contributed by atoms with van der Waals surface area (Å²) in [6.07, 6.45) is 3.87. The van der Waals surface area contributed by atoms with Crippen LogP contribution < -0.4 is 11.1 Å². The molecule has 2 unspecified atom stereocenters. The Bertz CT molecular complexity index is 567. The van der Waals surface area contributed by atoms with Crippen LogP contribution >= 0.6 is 23.1 Å². The van der Waals surface area contributed by atoms with Crippen molar-refractivity contribution in [2.45, 2.75) is 37.5 Å². The number of nitrogens with two attached hydrogens (primary N) is 1. The van der Waals surface area contributed by atoms with Crippen molar-refractivity contribution in [1.82, 2.24) is 4.98 Å². The van der Waals surface area contributed by atoms with Crippen molar-refractivity contribution in [3.8, 4) is 0 Å². The fourth-order valence-corrected chi connectivity index (χ4v) is 4.67. The van der Waals surface area contributed by atoms with Crippen LogP contribution in [0.25, 0.3) is 10.2 Å². The molecule has 0 bridgehead atoms. The molecule has 0 saturated heterocycles. The van der Waals surface area contributed by atoms with Gasteiger partial charge in [0, 0.05) is 11.3 Å². The van der Waals surface area contributed by atoms with E-state index < -0.39 is 0 Å². The van der Waals surface area contributed by atoms with Crippen LogP contribution in [0.1, 0.15) is 26.2 Å². The van der Waals surface area contributed by atoms with Gasteiger partial charge in [-0.1, -0.05) is 13.3 Å². The molecule has 0 radical (unpaired) electrons. The average Bonchev–Trinajstić information content (AvgIpc) is 3.03. The number of benzene rings is 1. The van der Waals surface area contributed by atoms with Crippen LogP contribution in [0.15, 0.2) is 17.6 Å². The lowest BCUT2D eigenvalue weighted by Crippen LogP contribution is -2.26. The molecule has 0 spiro atoms. The largest absolute Gasteiger partial charge is 0.395 e. The Kier molecular flexibility index (Phi) is 3.84. The Labute approximate surface area is 122 Å². The van der Waals surface area contributed by atoms with E-state index in [9.17, 15) is 0 Å². The van der Waals surface area contributed by atoms with Gasteiger partial charge in [0.2, 0.25) is 0 Å². The Morgan fingerprint density at radius 2 is 2.37 bits per heavy atom. The summed E-state index contributed by atoms with van der Waals surface area (Å²) in [4.78, 5) is 4.36. The van der Waals surface area contributed by atoms with Gasteiger partial charge in [-0.05, 0) is 30.7 Å². The number of rotatable bonds is 4. The summed E-state index contributed by atoms with van der Waals surface area (Å²) in [5.41, 5.74) is 10.9. The molecule has 0 amide bonds. The van der Waals surface area contributed by atoms with Crippen molar-refractivity contribution >= 4 is 44.7 Å². The summed E-state index contributed by atoms with van der Waals surface area (Å²) in [5, 5.41) is 4.36. The zero-order valence-electron chi connectivity index (χ0n) is 11.1. The van der Waals surface area contributed by atoms with Crippen LogP contribution in [0.4, 0.5) is 11.4 Å². The van der Waals surface area contributed by atoms with E-state index >= 15 is 0 Å². The molecule has 1 heterocycles. The first-order chi connectivity index (χ1) is 9.29. The number of thioether (sulfide) groups is 1. The molecule has 1 fully saturated rings. The van der Waals surface area contributed by atoms with Gasteiger partial charge in [0.05, 0.1) is 21.6 Å². The van der Waals surface area contributed by atoms with Gasteiger partial charge in [-0.15, -0.1) is 11.3 Å². The summed E-state index contributed by atoms with van der Waals surface area (Å²) in [6, 6.07) is 4.76. The first-order valence-electron chi connectivity index (χ1n) is 6.79. The third-order valence-corrected chi connectivity index (χ3v) is 5.84. The number of hydrogen-bond acceptors (Lipinski definition) is 5. The minimum absolute atomic E-state index is 0.545. The van der Waals surface area contributed by atoms with Crippen molar-refractivity contribution in [2.24, 2.45) is 0 Å². The highest BCUT2D eigenvalue weighted by Gasteiger charge is 2.27. The maximum atomic E-state index is 6.24. The first-order valence-corrected chi connectivity index (χ1v) is 8.72. The number of nitrogen functional groups attached to an aromatic ring is 1. The van der Waals surface area contributed by atoms with Gasteiger partial charge in [-0.25, -0.2) is 4.98 Å². The van der Waals surface area contributed by atoms with Crippen LogP contribution in [0.3, 0.4) is 0 Å². The Morgan fingerprint density at radius 1 is 1.47 bits per heavy atom. The van der Waals surface area contributed by atoms with Gasteiger partial charge in [-0.3, -0.25) is 0 Å².